The Morgan fingerprint density at radius 3 is 2.48 bits per heavy atom. The number of anilines is 1. The number of nitrogens with one attached hydrogen (secondary N) is 1. The van der Waals surface area contributed by atoms with Crippen LogP contribution < -0.4 is 5.32 Å². The predicted octanol–water partition coefficient (Wildman–Crippen LogP) is 3.60. The van der Waals surface area contributed by atoms with Crippen LogP contribution in [0, 0.1) is 10.1 Å². The summed E-state index contributed by atoms with van der Waals surface area (Å²) in [6.07, 6.45) is 0. The number of benzene rings is 2. The quantitative estimate of drug-likeness (QED) is 0.634. The first-order valence-corrected chi connectivity index (χ1v) is 6.76. The highest BCUT2D eigenvalue weighted by Gasteiger charge is 2.23. The molecule has 2 aromatic carbocycles. The minimum absolute atomic E-state index is 0.144. The molecule has 21 heavy (non-hydrogen) atoms. The van der Waals surface area contributed by atoms with Gasteiger partial charge in [0.25, 0.3) is 5.69 Å². The van der Waals surface area contributed by atoms with Crippen LogP contribution in [0.3, 0.4) is 0 Å². The molecule has 0 fully saturated rings. The van der Waals surface area contributed by atoms with Crippen molar-refractivity contribution in [2.75, 3.05) is 5.32 Å². The van der Waals surface area contributed by atoms with E-state index in [1.807, 2.05) is 0 Å². The number of nitro benzene ring substituents is 1. The van der Waals surface area contributed by atoms with Crippen LogP contribution in [0.15, 0.2) is 53.0 Å². The van der Waals surface area contributed by atoms with Crippen molar-refractivity contribution in [3.63, 3.8) is 0 Å². The third-order valence-electron chi connectivity index (χ3n) is 2.83. The molecule has 6 nitrogen and oxygen atoms in total. The van der Waals surface area contributed by atoms with Gasteiger partial charge in [-0.2, -0.15) is 0 Å². The molecule has 0 bridgehead atoms. The first kappa shape index (κ1) is 15.0. The lowest BCUT2D eigenvalue weighted by Gasteiger charge is -2.16. The third kappa shape index (κ3) is 3.57. The van der Waals surface area contributed by atoms with Crippen LogP contribution in [0.4, 0.5) is 11.4 Å². The van der Waals surface area contributed by atoms with E-state index in [9.17, 15) is 20.0 Å². The fourth-order valence-electron chi connectivity index (χ4n) is 1.87. The Hall–Kier alpha value is -2.41. The lowest BCUT2D eigenvalue weighted by Crippen LogP contribution is -2.21. The van der Waals surface area contributed by atoms with Gasteiger partial charge in [-0.3, -0.25) is 10.1 Å². The molecule has 0 saturated carbocycles. The highest BCUT2D eigenvalue weighted by molar-refractivity contribution is 9.10. The van der Waals surface area contributed by atoms with Gasteiger partial charge in [0.2, 0.25) is 0 Å². The van der Waals surface area contributed by atoms with Gasteiger partial charge in [-0.1, -0.05) is 46.3 Å². The summed E-state index contributed by atoms with van der Waals surface area (Å²) in [5.41, 5.74) is 0.477. The number of carboxylic acid groups (broad SMARTS) is 1. The maximum absolute atomic E-state index is 11.4. The number of halogens is 1. The topological polar surface area (TPSA) is 92.5 Å². The van der Waals surface area contributed by atoms with Crippen molar-refractivity contribution in [1.82, 2.24) is 0 Å². The Labute approximate surface area is 128 Å². The van der Waals surface area contributed by atoms with Crippen LogP contribution in [0.1, 0.15) is 11.6 Å². The number of nitro groups is 1. The SMILES string of the molecule is O=C(O)C(Nc1cc(Br)ccc1[N+](=O)[O-])c1ccccc1. The van der Waals surface area contributed by atoms with Crippen LogP contribution in [0.2, 0.25) is 0 Å². The second-order valence-electron chi connectivity index (χ2n) is 4.24. The second kappa shape index (κ2) is 6.36. The third-order valence-corrected chi connectivity index (χ3v) is 3.33. The summed E-state index contributed by atoms with van der Waals surface area (Å²) >= 11 is 3.22. The van der Waals surface area contributed by atoms with Crippen molar-refractivity contribution in [1.29, 1.82) is 0 Å². The largest absolute Gasteiger partial charge is 0.479 e. The molecule has 0 heterocycles. The van der Waals surface area contributed by atoms with E-state index >= 15 is 0 Å². The number of carbonyl (C=O) groups is 1. The van der Waals surface area contributed by atoms with Crippen molar-refractivity contribution < 1.29 is 14.8 Å². The molecule has 1 unspecified atom stereocenters. The van der Waals surface area contributed by atoms with E-state index in [1.165, 1.54) is 18.2 Å². The maximum Gasteiger partial charge on any atom is 0.330 e. The van der Waals surface area contributed by atoms with Gasteiger partial charge in [0.15, 0.2) is 6.04 Å². The zero-order valence-electron chi connectivity index (χ0n) is 10.7. The summed E-state index contributed by atoms with van der Waals surface area (Å²) in [6.45, 7) is 0. The van der Waals surface area contributed by atoms with Crippen LogP contribution in [-0.4, -0.2) is 16.0 Å². The van der Waals surface area contributed by atoms with Crippen LogP contribution in [0.25, 0.3) is 0 Å². The van der Waals surface area contributed by atoms with Gasteiger partial charge < -0.3 is 10.4 Å². The molecule has 1 atom stereocenters. The number of hydrogen-bond acceptors (Lipinski definition) is 4. The fourth-order valence-corrected chi connectivity index (χ4v) is 2.23. The normalized spacial score (nSPS) is 11.7. The Bertz CT molecular complexity index is 676. The molecule has 0 radical (unpaired) electrons. The van der Waals surface area contributed by atoms with Gasteiger partial charge in [0.05, 0.1) is 4.92 Å². The average molecular weight is 351 g/mol. The van der Waals surface area contributed by atoms with Crippen molar-refractivity contribution >= 4 is 33.3 Å². The van der Waals surface area contributed by atoms with Crippen molar-refractivity contribution in [2.45, 2.75) is 6.04 Å². The zero-order chi connectivity index (χ0) is 15.4. The molecule has 0 aliphatic heterocycles. The van der Waals surface area contributed by atoms with E-state index in [4.69, 9.17) is 0 Å². The molecule has 2 aromatic rings. The summed E-state index contributed by atoms with van der Waals surface area (Å²) in [5, 5.41) is 23.1. The summed E-state index contributed by atoms with van der Waals surface area (Å²) in [4.78, 5) is 21.9. The predicted molar refractivity (Wildman–Crippen MR) is 81.2 cm³/mol. The van der Waals surface area contributed by atoms with Crippen molar-refractivity contribution in [3.8, 4) is 0 Å². The highest BCUT2D eigenvalue weighted by atomic mass is 79.9. The Morgan fingerprint density at radius 1 is 1.24 bits per heavy atom. The smallest absolute Gasteiger partial charge is 0.330 e. The molecule has 0 aliphatic carbocycles. The van der Waals surface area contributed by atoms with E-state index in [1.54, 1.807) is 30.3 Å². The lowest BCUT2D eigenvalue weighted by atomic mass is 10.1. The number of hydrogen-bond donors (Lipinski definition) is 2. The van der Waals surface area contributed by atoms with Gasteiger partial charge >= 0.3 is 5.97 Å². The van der Waals surface area contributed by atoms with E-state index in [2.05, 4.69) is 21.2 Å². The molecular weight excluding hydrogens is 340 g/mol. The van der Waals surface area contributed by atoms with E-state index in [0.29, 0.717) is 10.0 Å². The summed E-state index contributed by atoms with van der Waals surface area (Å²) < 4.78 is 0.618. The minimum atomic E-state index is -1.12. The molecule has 0 spiro atoms. The molecule has 7 heteroatoms. The minimum Gasteiger partial charge on any atom is -0.479 e. The van der Waals surface area contributed by atoms with Crippen molar-refractivity contribution in [2.24, 2.45) is 0 Å². The molecule has 0 aromatic heterocycles. The number of carboxylic acids is 1. The van der Waals surface area contributed by atoms with Crippen LogP contribution >= 0.6 is 15.9 Å². The van der Waals surface area contributed by atoms with E-state index < -0.39 is 16.9 Å². The fraction of sp³-hybridized carbons (Fsp3) is 0.0714. The second-order valence-corrected chi connectivity index (χ2v) is 5.16. The highest BCUT2D eigenvalue weighted by Crippen LogP contribution is 2.31. The first-order chi connectivity index (χ1) is 9.99. The summed E-state index contributed by atoms with van der Waals surface area (Å²) in [7, 11) is 0. The van der Waals surface area contributed by atoms with Gasteiger partial charge in [-0.25, -0.2) is 4.79 Å². The molecule has 0 saturated heterocycles. The first-order valence-electron chi connectivity index (χ1n) is 5.97. The van der Waals surface area contributed by atoms with Gasteiger partial charge in [-0.05, 0) is 17.7 Å². The summed E-state index contributed by atoms with van der Waals surface area (Å²) in [5.74, 6) is -1.12. The van der Waals surface area contributed by atoms with Crippen LogP contribution in [-0.2, 0) is 4.79 Å². The monoisotopic (exact) mass is 350 g/mol. The number of nitrogens with zero attached hydrogens (tertiary/aromatic N) is 1. The average Bonchev–Trinajstić information content (AvgIpc) is 2.45. The molecule has 108 valence electrons. The summed E-state index contributed by atoms with van der Waals surface area (Å²) in [6, 6.07) is 11.7. The lowest BCUT2D eigenvalue weighted by molar-refractivity contribution is -0.384. The zero-order valence-corrected chi connectivity index (χ0v) is 12.3. The Morgan fingerprint density at radius 2 is 1.90 bits per heavy atom. The van der Waals surface area contributed by atoms with Crippen LogP contribution in [0.5, 0.6) is 0 Å². The molecule has 0 aliphatic rings. The maximum atomic E-state index is 11.4. The molecule has 2 N–H and O–H groups in total. The van der Waals surface area contributed by atoms with Gasteiger partial charge in [-0.15, -0.1) is 0 Å². The number of rotatable bonds is 5. The Balaban J connectivity index is 2.40. The van der Waals surface area contributed by atoms with Gasteiger partial charge in [0, 0.05) is 10.5 Å². The van der Waals surface area contributed by atoms with Gasteiger partial charge in [0.1, 0.15) is 5.69 Å². The van der Waals surface area contributed by atoms with E-state index in [-0.39, 0.29) is 11.4 Å². The standard InChI is InChI=1S/C14H11BrN2O4/c15-10-6-7-12(17(20)21)11(8-10)16-13(14(18)19)9-4-2-1-3-5-9/h1-8,13,16H,(H,18,19). The molecule has 2 rings (SSSR count). The van der Waals surface area contributed by atoms with E-state index in [0.717, 1.165) is 0 Å². The Kier molecular flexibility index (Phi) is 4.54. The van der Waals surface area contributed by atoms with Crippen molar-refractivity contribution in [3.05, 3.63) is 68.7 Å². The molecule has 0 amide bonds. The molecular formula is C14H11BrN2O4. The number of aliphatic carboxylic acids is 1.